The number of nitrogens with one attached hydrogen (secondary N) is 1. The molecule has 9 heteroatoms. The number of pyridine rings is 1. The van der Waals surface area contributed by atoms with Gasteiger partial charge in [0.1, 0.15) is 23.8 Å². The van der Waals surface area contributed by atoms with Crippen LogP contribution in [-0.2, 0) is 9.53 Å². The molecule has 4 aromatic rings. The number of para-hydroxylation sites is 1. The van der Waals surface area contributed by atoms with Gasteiger partial charge in [-0.2, -0.15) is 0 Å². The Morgan fingerprint density at radius 2 is 1.92 bits per heavy atom. The highest BCUT2D eigenvalue weighted by Crippen LogP contribution is 2.41. The Morgan fingerprint density at radius 3 is 2.72 bits per heavy atom. The number of benzene rings is 2. The molecular formula is C27H24N2O5S2. The zero-order valence-electron chi connectivity index (χ0n) is 19.8. The van der Waals surface area contributed by atoms with Gasteiger partial charge in [0.25, 0.3) is 0 Å². The smallest absolute Gasteiger partial charge is 0.341 e. The second kappa shape index (κ2) is 10.6. The molecule has 0 saturated carbocycles. The molecule has 36 heavy (non-hydrogen) atoms. The number of aromatic nitrogens is 1. The normalized spacial score (nSPS) is 13.3. The monoisotopic (exact) mass is 520 g/mol. The molecular weight excluding hydrogens is 496 g/mol. The lowest BCUT2D eigenvalue weighted by atomic mass is 10.0. The Balaban J connectivity index is 1.40. The predicted octanol–water partition coefficient (Wildman–Crippen LogP) is 6.03. The maximum Gasteiger partial charge on any atom is 0.341 e. The lowest BCUT2D eigenvalue weighted by molar-refractivity contribution is -0.115. The number of rotatable bonds is 7. The van der Waals surface area contributed by atoms with Crippen molar-refractivity contribution >= 4 is 50.9 Å². The maximum absolute atomic E-state index is 13.3. The molecule has 0 saturated heterocycles. The molecule has 2 aromatic carbocycles. The molecule has 1 atom stereocenters. The van der Waals surface area contributed by atoms with Crippen LogP contribution in [0.5, 0.6) is 11.5 Å². The summed E-state index contributed by atoms with van der Waals surface area (Å²) in [4.78, 5) is 30.7. The number of anilines is 1. The molecule has 0 radical (unpaired) electrons. The predicted molar refractivity (Wildman–Crippen MR) is 142 cm³/mol. The van der Waals surface area contributed by atoms with Gasteiger partial charge in [0.2, 0.25) is 5.91 Å². The molecule has 2 aromatic heterocycles. The summed E-state index contributed by atoms with van der Waals surface area (Å²) in [5.41, 5.74) is 2.64. The van der Waals surface area contributed by atoms with E-state index in [9.17, 15) is 9.59 Å². The van der Waals surface area contributed by atoms with Crippen molar-refractivity contribution in [3.05, 3.63) is 65.5 Å². The Bertz CT molecular complexity index is 1430. The third kappa shape index (κ3) is 4.89. The lowest BCUT2D eigenvalue weighted by Gasteiger charge is -2.19. The summed E-state index contributed by atoms with van der Waals surface area (Å²) in [6.45, 7) is 2.92. The first-order valence-electron chi connectivity index (χ1n) is 11.5. The van der Waals surface area contributed by atoms with Crippen LogP contribution >= 0.6 is 23.1 Å². The van der Waals surface area contributed by atoms with Crippen molar-refractivity contribution in [1.82, 2.24) is 4.98 Å². The molecule has 1 aliphatic rings. The molecule has 1 N–H and O–H groups in total. The number of esters is 1. The molecule has 3 heterocycles. The van der Waals surface area contributed by atoms with Gasteiger partial charge in [0.05, 0.1) is 22.9 Å². The van der Waals surface area contributed by atoms with Gasteiger partial charge < -0.3 is 19.5 Å². The molecule has 0 spiro atoms. The van der Waals surface area contributed by atoms with Crippen LogP contribution in [0.4, 0.5) is 5.00 Å². The van der Waals surface area contributed by atoms with Crippen molar-refractivity contribution in [2.45, 2.75) is 23.6 Å². The van der Waals surface area contributed by atoms with Crippen molar-refractivity contribution < 1.29 is 23.8 Å². The Kier molecular flexibility index (Phi) is 7.11. The zero-order valence-corrected chi connectivity index (χ0v) is 21.4. The first kappa shape index (κ1) is 24.1. The van der Waals surface area contributed by atoms with Crippen molar-refractivity contribution in [3.63, 3.8) is 0 Å². The van der Waals surface area contributed by atoms with Crippen molar-refractivity contribution in [2.24, 2.45) is 0 Å². The fourth-order valence-electron chi connectivity index (χ4n) is 3.95. The van der Waals surface area contributed by atoms with E-state index in [4.69, 9.17) is 14.2 Å². The summed E-state index contributed by atoms with van der Waals surface area (Å²) in [5, 5.41) is 6.68. The highest BCUT2D eigenvalue weighted by molar-refractivity contribution is 8.00. The molecule has 1 unspecified atom stereocenters. The quantitative estimate of drug-likeness (QED) is 0.235. The molecule has 7 nitrogen and oxygen atoms in total. The molecule has 1 aliphatic heterocycles. The van der Waals surface area contributed by atoms with Crippen LogP contribution < -0.4 is 14.8 Å². The van der Waals surface area contributed by atoms with Crippen LogP contribution in [-0.4, -0.2) is 42.4 Å². The van der Waals surface area contributed by atoms with Gasteiger partial charge >= 0.3 is 5.97 Å². The van der Waals surface area contributed by atoms with Crippen LogP contribution in [0, 0.1) is 0 Å². The van der Waals surface area contributed by atoms with Crippen LogP contribution in [0.3, 0.4) is 0 Å². The van der Waals surface area contributed by atoms with E-state index in [1.165, 1.54) is 30.2 Å². The number of thioether (sulfide) groups is 1. The molecule has 0 fully saturated rings. The first-order valence-corrected chi connectivity index (χ1v) is 13.3. The second-order valence-corrected chi connectivity index (χ2v) is 10.2. The number of carbonyl (C=O) groups excluding carboxylic acids is 2. The summed E-state index contributed by atoms with van der Waals surface area (Å²) in [7, 11) is 1.33. The fraction of sp³-hybridized carbons (Fsp3) is 0.222. The van der Waals surface area contributed by atoms with E-state index < -0.39 is 5.97 Å². The van der Waals surface area contributed by atoms with E-state index in [0.29, 0.717) is 47.3 Å². The van der Waals surface area contributed by atoms with Gasteiger partial charge in [0, 0.05) is 16.3 Å². The first-order chi connectivity index (χ1) is 17.6. The number of carbonyl (C=O) groups is 2. The number of nitrogens with zero attached hydrogens (tertiary/aromatic N) is 1. The van der Waals surface area contributed by atoms with Crippen molar-refractivity contribution in [2.75, 3.05) is 25.6 Å². The molecule has 1 amide bonds. The average Bonchev–Trinajstić information content (AvgIpc) is 3.34. The van der Waals surface area contributed by atoms with Crippen LogP contribution in [0.1, 0.15) is 23.7 Å². The van der Waals surface area contributed by atoms with E-state index in [-0.39, 0.29) is 11.2 Å². The zero-order chi connectivity index (χ0) is 25.1. The minimum atomic E-state index is -0.520. The summed E-state index contributed by atoms with van der Waals surface area (Å²) in [5.74, 6) is 0.571. The summed E-state index contributed by atoms with van der Waals surface area (Å²) in [6.07, 6.45) is 0.596. The van der Waals surface area contributed by atoms with E-state index in [1.54, 1.807) is 0 Å². The van der Waals surface area contributed by atoms with Gasteiger partial charge in [-0.1, -0.05) is 49.0 Å². The lowest BCUT2D eigenvalue weighted by Crippen LogP contribution is -2.25. The molecule has 184 valence electrons. The Hall–Kier alpha value is -3.56. The number of hydrogen-bond acceptors (Lipinski definition) is 8. The van der Waals surface area contributed by atoms with Gasteiger partial charge in [-0.3, -0.25) is 4.79 Å². The Labute approximate surface area is 216 Å². The minimum absolute atomic E-state index is 0.196. The third-order valence-electron chi connectivity index (χ3n) is 5.77. The maximum atomic E-state index is 13.3. The standard InChI is InChI=1S/C27H24N2O5S2/c1-3-22(36-23-11-9-16-6-4-5-7-19(16)28-23)25(30)29-26-24(27(31)32-2)18(15-35-26)17-8-10-20-21(14-17)34-13-12-33-20/h4-11,14-15,22H,3,12-13H2,1-2H3,(H,29,30). The van der Waals surface area contributed by atoms with Crippen LogP contribution in [0.2, 0.25) is 0 Å². The van der Waals surface area contributed by atoms with Gasteiger partial charge in [0.15, 0.2) is 11.5 Å². The third-order valence-corrected chi connectivity index (χ3v) is 7.97. The fourth-order valence-corrected chi connectivity index (χ4v) is 5.83. The summed E-state index contributed by atoms with van der Waals surface area (Å²) in [6, 6.07) is 17.3. The number of amides is 1. The van der Waals surface area contributed by atoms with E-state index >= 15 is 0 Å². The van der Waals surface area contributed by atoms with E-state index in [1.807, 2.05) is 66.9 Å². The van der Waals surface area contributed by atoms with E-state index in [0.717, 1.165) is 21.5 Å². The SMILES string of the molecule is CCC(Sc1ccc2ccccc2n1)C(=O)Nc1scc(-c2ccc3c(c2)OCCO3)c1C(=O)OC. The topological polar surface area (TPSA) is 86.8 Å². The highest BCUT2D eigenvalue weighted by Gasteiger charge is 2.26. The number of hydrogen-bond donors (Lipinski definition) is 1. The van der Waals surface area contributed by atoms with Gasteiger partial charge in [-0.05, 0) is 36.2 Å². The van der Waals surface area contributed by atoms with Crippen LogP contribution in [0.25, 0.3) is 22.0 Å². The number of fused-ring (bicyclic) bond motifs is 2. The van der Waals surface area contributed by atoms with Crippen molar-refractivity contribution in [3.8, 4) is 22.6 Å². The Morgan fingerprint density at radius 1 is 1.11 bits per heavy atom. The number of ether oxygens (including phenoxy) is 3. The van der Waals surface area contributed by atoms with Gasteiger partial charge in [-0.15, -0.1) is 11.3 Å². The molecule has 0 aliphatic carbocycles. The summed E-state index contributed by atoms with van der Waals surface area (Å²) < 4.78 is 16.4. The molecule has 0 bridgehead atoms. The number of thiophene rings is 1. The van der Waals surface area contributed by atoms with Crippen molar-refractivity contribution in [1.29, 1.82) is 0 Å². The molecule has 5 rings (SSSR count). The largest absolute Gasteiger partial charge is 0.486 e. The summed E-state index contributed by atoms with van der Waals surface area (Å²) >= 11 is 2.69. The minimum Gasteiger partial charge on any atom is -0.486 e. The van der Waals surface area contributed by atoms with Crippen LogP contribution in [0.15, 0.2) is 65.0 Å². The second-order valence-electron chi connectivity index (χ2n) is 8.05. The highest BCUT2D eigenvalue weighted by atomic mass is 32.2. The van der Waals surface area contributed by atoms with E-state index in [2.05, 4.69) is 10.3 Å². The average molecular weight is 521 g/mol. The number of methoxy groups -OCH3 is 1. The van der Waals surface area contributed by atoms with Gasteiger partial charge in [-0.25, -0.2) is 9.78 Å².